The number of carboxylic acid groups (broad SMARTS) is 1. The van der Waals surface area contributed by atoms with Gasteiger partial charge in [-0.05, 0) is 6.07 Å². The maximum atomic E-state index is 13.1. The first-order valence-electron chi connectivity index (χ1n) is 5.43. The SMILES string of the molecule is O=C(O)C1CC(O)CN1C(=O)c1cc(F)cnc1Cl. The number of β-amino-alcohol motifs (C(OH)–C–C–N with tert-alkyl or cyclic N) is 1. The van der Waals surface area contributed by atoms with Crippen LogP contribution >= 0.6 is 11.6 Å². The van der Waals surface area contributed by atoms with E-state index in [1.807, 2.05) is 0 Å². The predicted molar refractivity (Wildman–Crippen MR) is 62.3 cm³/mol. The van der Waals surface area contributed by atoms with Gasteiger partial charge in [0.1, 0.15) is 17.0 Å². The van der Waals surface area contributed by atoms with Crippen molar-refractivity contribution in [1.82, 2.24) is 9.88 Å². The summed E-state index contributed by atoms with van der Waals surface area (Å²) in [6.07, 6.45) is -0.140. The summed E-state index contributed by atoms with van der Waals surface area (Å²) < 4.78 is 13.1. The van der Waals surface area contributed by atoms with E-state index in [4.69, 9.17) is 16.7 Å². The summed E-state index contributed by atoms with van der Waals surface area (Å²) in [4.78, 5) is 27.6. The van der Waals surface area contributed by atoms with Crippen molar-refractivity contribution in [1.29, 1.82) is 0 Å². The topological polar surface area (TPSA) is 90.7 Å². The van der Waals surface area contributed by atoms with Gasteiger partial charge in [-0.2, -0.15) is 0 Å². The molecule has 2 rings (SSSR count). The van der Waals surface area contributed by atoms with Crippen LogP contribution in [0.25, 0.3) is 0 Å². The zero-order valence-electron chi connectivity index (χ0n) is 9.58. The van der Waals surface area contributed by atoms with Crippen molar-refractivity contribution in [2.24, 2.45) is 0 Å². The number of carbonyl (C=O) groups is 2. The second-order valence-electron chi connectivity index (χ2n) is 4.19. The molecule has 1 aliphatic rings. The molecule has 1 aliphatic heterocycles. The van der Waals surface area contributed by atoms with Gasteiger partial charge in [-0.3, -0.25) is 4.79 Å². The zero-order chi connectivity index (χ0) is 14.2. The van der Waals surface area contributed by atoms with Gasteiger partial charge in [-0.1, -0.05) is 11.6 Å². The number of pyridine rings is 1. The molecule has 2 N–H and O–H groups in total. The van der Waals surface area contributed by atoms with E-state index in [0.717, 1.165) is 17.2 Å². The Kier molecular flexibility index (Phi) is 3.68. The molecule has 1 fully saturated rings. The predicted octanol–water partition coefficient (Wildman–Crippen LogP) is 0.534. The van der Waals surface area contributed by atoms with Crippen LogP contribution in [-0.2, 0) is 4.79 Å². The van der Waals surface area contributed by atoms with E-state index in [1.165, 1.54) is 0 Å². The van der Waals surface area contributed by atoms with E-state index in [9.17, 15) is 19.1 Å². The van der Waals surface area contributed by atoms with Crippen molar-refractivity contribution >= 4 is 23.5 Å². The molecule has 2 unspecified atom stereocenters. The minimum Gasteiger partial charge on any atom is -0.480 e. The second-order valence-corrected chi connectivity index (χ2v) is 4.55. The van der Waals surface area contributed by atoms with Crippen LogP contribution in [0.1, 0.15) is 16.8 Å². The van der Waals surface area contributed by atoms with E-state index in [-0.39, 0.29) is 23.7 Å². The van der Waals surface area contributed by atoms with Gasteiger partial charge < -0.3 is 15.1 Å². The largest absolute Gasteiger partial charge is 0.480 e. The van der Waals surface area contributed by atoms with Gasteiger partial charge in [0.05, 0.1) is 17.9 Å². The van der Waals surface area contributed by atoms with Gasteiger partial charge in [0.15, 0.2) is 0 Å². The summed E-state index contributed by atoms with van der Waals surface area (Å²) in [7, 11) is 0. The van der Waals surface area contributed by atoms with Gasteiger partial charge >= 0.3 is 5.97 Å². The molecule has 19 heavy (non-hydrogen) atoms. The lowest BCUT2D eigenvalue weighted by molar-refractivity contribution is -0.141. The Morgan fingerprint density at radius 1 is 1.53 bits per heavy atom. The zero-order valence-corrected chi connectivity index (χ0v) is 10.3. The van der Waals surface area contributed by atoms with Crippen molar-refractivity contribution in [3.8, 4) is 0 Å². The summed E-state index contributed by atoms with van der Waals surface area (Å²) in [5.74, 6) is -2.74. The van der Waals surface area contributed by atoms with Crippen LogP contribution in [0.3, 0.4) is 0 Å². The first-order valence-corrected chi connectivity index (χ1v) is 5.81. The van der Waals surface area contributed by atoms with E-state index < -0.39 is 29.8 Å². The number of nitrogens with zero attached hydrogens (tertiary/aromatic N) is 2. The van der Waals surface area contributed by atoms with E-state index in [2.05, 4.69) is 4.98 Å². The minimum atomic E-state index is -1.23. The number of hydrogen-bond donors (Lipinski definition) is 2. The van der Waals surface area contributed by atoms with Crippen molar-refractivity contribution in [3.05, 3.63) is 28.8 Å². The molecule has 2 heterocycles. The highest BCUT2D eigenvalue weighted by Crippen LogP contribution is 2.23. The Hall–Kier alpha value is -1.73. The maximum Gasteiger partial charge on any atom is 0.326 e. The number of likely N-dealkylation sites (tertiary alicyclic amines) is 1. The lowest BCUT2D eigenvalue weighted by atomic mass is 10.2. The molecule has 1 saturated heterocycles. The quantitative estimate of drug-likeness (QED) is 0.775. The van der Waals surface area contributed by atoms with Crippen molar-refractivity contribution in [3.63, 3.8) is 0 Å². The molecule has 8 heteroatoms. The van der Waals surface area contributed by atoms with Gasteiger partial charge in [-0.15, -0.1) is 0 Å². The fraction of sp³-hybridized carbons (Fsp3) is 0.364. The molecule has 1 aromatic heterocycles. The Labute approximate surface area is 112 Å². The van der Waals surface area contributed by atoms with Crippen LogP contribution in [0.5, 0.6) is 0 Å². The van der Waals surface area contributed by atoms with Crippen LogP contribution in [0.15, 0.2) is 12.3 Å². The molecule has 0 bridgehead atoms. The first kappa shape index (κ1) is 13.7. The van der Waals surface area contributed by atoms with Gasteiger partial charge in [0.25, 0.3) is 5.91 Å². The standard InChI is InChI=1S/C11H10ClFN2O4/c12-9-7(1-5(13)3-14-9)10(17)15-4-6(16)2-8(15)11(18)19/h1,3,6,8,16H,2,4H2,(H,18,19). The third kappa shape index (κ3) is 2.66. The average molecular weight is 289 g/mol. The third-order valence-corrected chi connectivity index (χ3v) is 3.16. The average Bonchev–Trinajstić information content (AvgIpc) is 2.74. The molecule has 0 radical (unpaired) electrons. The van der Waals surface area contributed by atoms with Crippen LogP contribution < -0.4 is 0 Å². The fourth-order valence-electron chi connectivity index (χ4n) is 2.00. The number of aliphatic hydroxyl groups excluding tert-OH is 1. The molecule has 0 saturated carbocycles. The smallest absolute Gasteiger partial charge is 0.326 e. The fourth-order valence-corrected chi connectivity index (χ4v) is 2.18. The third-order valence-electron chi connectivity index (χ3n) is 2.86. The van der Waals surface area contributed by atoms with Crippen LogP contribution in [0.2, 0.25) is 5.15 Å². The molecule has 6 nitrogen and oxygen atoms in total. The molecular formula is C11H10ClFN2O4. The van der Waals surface area contributed by atoms with Gasteiger partial charge in [-0.25, -0.2) is 14.2 Å². The molecule has 0 aromatic carbocycles. The van der Waals surface area contributed by atoms with Gasteiger partial charge in [0.2, 0.25) is 0 Å². The Morgan fingerprint density at radius 3 is 2.84 bits per heavy atom. The summed E-state index contributed by atoms with van der Waals surface area (Å²) in [6.45, 7) is -0.136. The summed E-state index contributed by atoms with van der Waals surface area (Å²) in [5.41, 5.74) is -0.220. The number of halogens is 2. The molecular weight excluding hydrogens is 279 g/mol. The van der Waals surface area contributed by atoms with Crippen molar-refractivity contribution in [2.75, 3.05) is 6.54 Å². The number of aromatic nitrogens is 1. The lowest BCUT2D eigenvalue weighted by Gasteiger charge is -2.21. The van der Waals surface area contributed by atoms with Crippen LogP contribution in [-0.4, -0.2) is 50.7 Å². The lowest BCUT2D eigenvalue weighted by Crippen LogP contribution is -2.40. The molecule has 0 aliphatic carbocycles. The molecule has 102 valence electrons. The minimum absolute atomic E-state index is 0.0680. The molecule has 1 aromatic rings. The normalized spacial score (nSPS) is 22.6. The number of carbonyl (C=O) groups excluding carboxylic acids is 1. The van der Waals surface area contributed by atoms with E-state index >= 15 is 0 Å². The number of hydrogen-bond acceptors (Lipinski definition) is 4. The summed E-state index contributed by atoms with van der Waals surface area (Å²) in [5, 5.41) is 18.2. The van der Waals surface area contributed by atoms with Crippen LogP contribution in [0.4, 0.5) is 4.39 Å². The second kappa shape index (κ2) is 5.10. The Balaban J connectivity index is 2.33. The monoisotopic (exact) mass is 288 g/mol. The number of carboxylic acids is 1. The molecule has 2 atom stereocenters. The first-order chi connectivity index (χ1) is 8.90. The number of aliphatic carboxylic acids is 1. The Morgan fingerprint density at radius 2 is 2.21 bits per heavy atom. The van der Waals surface area contributed by atoms with Crippen LogP contribution in [0, 0.1) is 5.82 Å². The highest BCUT2D eigenvalue weighted by Gasteiger charge is 2.39. The highest BCUT2D eigenvalue weighted by atomic mass is 35.5. The Bertz CT molecular complexity index is 539. The van der Waals surface area contributed by atoms with Crippen molar-refractivity contribution in [2.45, 2.75) is 18.6 Å². The maximum absolute atomic E-state index is 13.1. The summed E-state index contributed by atoms with van der Waals surface area (Å²) >= 11 is 5.70. The summed E-state index contributed by atoms with van der Waals surface area (Å²) in [6, 6.07) is -0.261. The highest BCUT2D eigenvalue weighted by molar-refractivity contribution is 6.32. The van der Waals surface area contributed by atoms with Gasteiger partial charge in [0, 0.05) is 13.0 Å². The molecule has 0 spiro atoms. The number of amides is 1. The number of rotatable bonds is 2. The van der Waals surface area contributed by atoms with E-state index in [0.29, 0.717) is 0 Å². The van der Waals surface area contributed by atoms with E-state index in [1.54, 1.807) is 0 Å². The van der Waals surface area contributed by atoms with Crippen molar-refractivity contribution < 1.29 is 24.2 Å². The molecule has 1 amide bonds. The number of aliphatic hydroxyl groups is 1.